The highest BCUT2D eigenvalue weighted by Gasteiger charge is 2.41. The molecule has 56 heavy (non-hydrogen) atoms. The maximum atomic E-state index is 14.6. The van der Waals surface area contributed by atoms with E-state index in [1.807, 2.05) is 77.6 Å². The molecular formula is C41H48N8O5S2. The summed E-state index contributed by atoms with van der Waals surface area (Å²) in [6.45, 7) is 2.43. The minimum Gasteiger partial charge on any atom is -0.368 e. The largest absolute Gasteiger partial charge is 0.368 e. The Bertz CT molecular complexity index is 2170. The van der Waals surface area contributed by atoms with Gasteiger partial charge in [-0.25, -0.2) is 0 Å². The summed E-state index contributed by atoms with van der Waals surface area (Å²) in [6, 6.07) is 16.2. The first-order valence-electron chi connectivity index (χ1n) is 19.2. The third kappa shape index (κ3) is 9.13. The second-order valence-electron chi connectivity index (χ2n) is 14.7. The number of amides is 5. The quantitative estimate of drug-likeness (QED) is 0.0797. The van der Waals surface area contributed by atoms with Crippen LogP contribution in [0.2, 0.25) is 0 Å². The molecule has 0 unspecified atom stereocenters. The van der Waals surface area contributed by atoms with Gasteiger partial charge in [0.25, 0.3) is 0 Å². The maximum absolute atomic E-state index is 14.6. The molecular weight excluding hydrogens is 749 g/mol. The van der Waals surface area contributed by atoms with Gasteiger partial charge in [0.2, 0.25) is 29.5 Å². The van der Waals surface area contributed by atoms with Crippen LogP contribution in [0.5, 0.6) is 0 Å². The van der Waals surface area contributed by atoms with Crippen molar-refractivity contribution in [3.8, 4) is 0 Å². The molecule has 0 saturated carbocycles. The number of rotatable bonds is 15. The van der Waals surface area contributed by atoms with E-state index < -0.39 is 47.3 Å². The Hall–Kier alpha value is -5.09. The Morgan fingerprint density at radius 2 is 1.36 bits per heavy atom. The van der Waals surface area contributed by atoms with Crippen molar-refractivity contribution < 1.29 is 24.0 Å². The Morgan fingerprint density at radius 1 is 0.714 bits per heavy atom. The van der Waals surface area contributed by atoms with Gasteiger partial charge in [-0.2, -0.15) is 0 Å². The number of hydrogen-bond acceptors (Lipinski definition) is 9. The Morgan fingerprint density at radius 3 is 2.07 bits per heavy atom. The zero-order valence-corrected chi connectivity index (χ0v) is 32.7. The van der Waals surface area contributed by atoms with Crippen molar-refractivity contribution in [2.75, 3.05) is 26.2 Å². The van der Waals surface area contributed by atoms with Gasteiger partial charge in [-0.15, -0.1) is 22.7 Å². The monoisotopic (exact) mass is 796 g/mol. The maximum Gasteiger partial charge on any atom is 0.243 e. The highest BCUT2D eigenvalue weighted by molar-refractivity contribution is 7.17. The van der Waals surface area contributed by atoms with Crippen LogP contribution in [0.1, 0.15) is 41.7 Å². The normalized spacial score (nSPS) is 17.4. The molecule has 0 aliphatic carbocycles. The number of benzene rings is 2. The summed E-state index contributed by atoms with van der Waals surface area (Å²) in [4.78, 5) is 73.7. The van der Waals surface area contributed by atoms with Crippen molar-refractivity contribution >= 4 is 73.2 Å². The molecule has 294 valence electrons. The number of hydrogen-bond donors (Lipinski definition) is 8. The van der Waals surface area contributed by atoms with Gasteiger partial charge in [0.05, 0.1) is 0 Å². The first-order valence-corrected chi connectivity index (χ1v) is 20.9. The Labute approximate surface area is 332 Å². The molecule has 2 aliphatic heterocycles. The number of H-pyrrole nitrogens is 1. The van der Waals surface area contributed by atoms with Crippen LogP contribution in [0.25, 0.3) is 21.0 Å². The molecule has 13 nitrogen and oxygen atoms in total. The lowest BCUT2D eigenvalue weighted by atomic mass is 9.87. The topological polar surface area (TPSA) is 199 Å². The van der Waals surface area contributed by atoms with Crippen molar-refractivity contribution in [3.05, 3.63) is 93.6 Å². The van der Waals surface area contributed by atoms with Crippen molar-refractivity contribution in [2.24, 2.45) is 11.7 Å². The van der Waals surface area contributed by atoms with Crippen LogP contribution in [0, 0.1) is 5.92 Å². The molecule has 7 rings (SSSR count). The molecule has 3 aromatic heterocycles. The standard InChI is InChI=1S/C41H48N8O5S2/c42-40(54)41(13-17-44-18-14-41)49-39(53)34(22-28-6-5-19-55-28)48-37(51)32(20-26-23-45-31-9-3-1-7-29(26)31)47-38(52)33(46-36(50)25-11-15-43-16-12-25)21-27-24-56-35-10-4-2-8-30(27)35/h1-10,19,23-25,32-34,43-45H,11-18,20-22H2,(H2,42,54)(H,46,50)(H,47,52)(H,48,51)(H,49,53)/t32-,33-,34+/m1/s1. The molecule has 5 heterocycles. The second-order valence-corrected chi connectivity index (χ2v) is 16.6. The number of aromatic nitrogens is 1. The van der Waals surface area contributed by atoms with Gasteiger partial charge in [-0.3, -0.25) is 24.0 Å². The fourth-order valence-corrected chi connectivity index (χ4v) is 9.44. The van der Waals surface area contributed by atoms with Crippen LogP contribution in [0.15, 0.2) is 77.6 Å². The number of thiophene rings is 2. The summed E-state index contributed by atoms with van der Waals surface area (Å²) < 4.78 is 1.07. The van der Waals surface area contributed by atoms with Crippen molar-refractivity contribution in [1.29, 1.82) is 0 Å². The fraction of sp³-hybridized carbons (Fsp3) is 0.390. The molecule has 9 N–H and O–H groups in total. The molecule has 2 aliphatic rings. The van der Waals surface area contributed by atoms with Crippen LogP contribution < -0.4 is 37.6 Å². The number of nitrogens with one attached hydrogen (secondary N) is 7. The van der Waals surface area contributed by atoms with E-state index in [0.717, 1.165) is 37.0 Å². The first kappa shape index (κ1) is 39.2. The summed E-state index contributed by atoms with van der Waals surface area (Å²) in [5, 5.41) is 24.2. The highest BCUT2D eigenvalue weighted by Crippen LogP contribution is 2.27. The predicted octanol–water partition coefficient (Wildman–Crippen LogP) is 2.65. The summed E-state index contributed by atoms with van der Waals surface area (Å²) >= 11 is 3.02. The Kier molecular flexibility index (Phi) is 12.4. The van der Waals surface area contributed by atoms with E-state index >= 15 is 0 Å². The lowest BCUT2D eigenvalue weighted by Gasteiger charge is -2.36. The lowest BCUT2D eigenvalue weighted by Crippen LogP contribution is -2.65. The molecule has 0 radical (unpaired) electrons. The molecule has 2 aromatic carbocycles. The van der Waals surface area contributed by atoms with Gasteiger partial charge < -0.3 is 42.6 Å². The van der Waals surface area contributed by atoms with Crippen molar-refractivity contribution in [3.63, 3.8) is 0 Å². The van der Waals surface area contributed by atoms with E-state index in [0.29, 0.717) is 51.9 Å². The Balaban J connectivity index is 1.18. The van der Waals surface area contributed by atoms with E-state index in [9.17, 15) is 24.0 Å². The molecule has 0 bridgehead atoms. The van der Waals surface area contributed by atoms with Crippen LogP contribution in [-0.4, -0.2) is 84.4 Å². The average Bonchev–Trinajstić information content (AvgIpc) is 3.99. The zero-order chi connectivity index (χ0) is 39.1. The van der Waals surface area contributed by atoms with Crippen LogP contribution >= 0.6 is 22.7 Å². The summed E-state index contributed by atoms with van der Waals surface area (Å²) in [6.07, 6.45) is 4.25. The number of nitrogens with two attached hydrogens (primary N) is 1. The zero-order valence-electron chi connectivity index (χ0n) is 31.0. The number of primary amides is 1. The summed E-state index contributed by atoms with van der Waals surface area (Å²) in [5.41, 5.74) is 7.18. The van der Waals surface area contributed by atoms with Crippen LogP contribution in [0.3, 0.4) is 0 Å². The first-order chi connectivity index (χ1) is 27.2. The van der Waals surface area contributed by atoms with Crippen molar-refractivity contribution in [2.45, 2.75) is 68.6 Å². The minimum absolute atomic E-state index is 0.0994. The van der Waals surface area contributed by atoms with E-state index in [4.69, 9.17) is 5.73 Å². The molecule has 5 amide bonds. The number of carbonyl (C=O) groups is 5. The van der Waals surface area contributed by atoms with Crippen LogP contribution in [0.4, 0.5) is 0 Å². The van der Waals surface area contributed by atoms with Gasteiger partial charge in [0.1, 0.15) is 23.7 Å². The van der Waals surface area contributed by atoms with Gasteiger partial charge in [-0.05, 0) is 97.3 Å². The van der Waals surface area contributed by atoms with E-state index in [2.05, 4.69) is 36.9 Å². The molecule has 2 fully saturated rings. The highest BCUT2D eigenvalue weighted by atomic mass is 32.1. The van der Waals surface area contributed by atoms with Gasteiger partial charge in [-0.1, -0.05) is 42.5 Å². The molecule has 3 atom stereocenters. The summed E-state index contributed by atoms with van der Waals surface area (Å²) in [5.74, 6) is -2.70. The predicted molar refractivity (Wildman–Crippen MR) is 219 cm³/mol. The molecule has 2 saturated heterocycles. The number of aromatic amines is 1. The molecule has 15 heteroatoms. The minimum atomic E-state index is -1.26. The van der Waals surface area contributed by atoms with Gasteiger partial charge >= 0.3 is 0 Å². The van der Waals surface area contributed by atoms with E-state index in [1.165, 1.54) is 11.3 Å². The second kappa shape index (κ2) is 17.8. The number of piperidine rings is 2. The van der Waals surface area contributed by atoms with Gasteiger partial charge in [0.15, 0.2) is 0 Å². The van der Waals surface area contributed by atoms with Crippen LogP contribution in [-0.2, 0) is 43.2 Å². The number of para-hydroxylation sites is 1. The number of fused-ring (bicyclic) bond motifs is 2. The number of carbonyl (C=O) groups excluding carboxylic acids is 5. The smallest absolute Gasteiger partial charge is 0.243 e. The van der Waals surface area contributed by atoms with Crippen molar-refractivity contribution in [1.82, 2.24) is 36.9 Å². The summed E-state index contributed by atoms with van der Waals surface area (Å²) in [7, 11) is 0. The van der Waals surface area contributed by atoms with Gasteiger partial charge in [0, 0.05) is 51.9 Å². The third-order valence-electron chi connectivity index (χ3n) is 11.0. The fourth-order valence-electron chi connectivity index (χ4n) is 7.72. The third-order valence-corrected chi connectivity index (χ3v) is 12.9. The average molecular weight is 797 g/mol. The molecule has 0 spiro atoms. The van der Waals surface area contributed by atoms with E-state index in [-0.39, 0.29) is 31.1 Å². The SMILES string of the molecule is NC(=O)C1(NC(=O)[C@H](Cc2cccs2)NC(=O)[C@@H](Cc2c[nH]c3ccccc23)NC(=O)[C@@H](Cc2csc3ccccc23)NC(=O)C2CCNCC2)CCNCC1. The molecule has 5 aromatic rings. The lowest BCUT2D eigenvalue weighted by molar-refractivity contribution is -0.136. The van der Waals surface area contributed by atoms with E-state index in [1.54, 1.807) is 11.3 Å².